The lowest BCUT2D eigenvalue weighted by molar-refractivity contribution is -0.114. The third kappa shape index (κ3) is 3.51. The SMILES string of the molecule is CC(=O)Nc1c(C)cc(OC(=O)c2c(F)c(F)c(F)c(F)c2F)cc1C. The van der Waals surface area contributed by atoms with E-state index in [4.69, 9.17) is 4.74 Å². The molecule has 0 aliphatic heterocycles. The molecule has 2 aromatic carbocycles. The quantitative estimate of drug-likeness (QED) is 0.289. The van der Waals surface area contributed by atoms with Gasteiger partial charge in [0.2, 0.25) is 11.7 Å². The number of halogens is 5. The number of anilines is 1. The average Bonchev–Trinajstić information content (AvgIpc) is 2.54. The summed E-state index contributed by atoms with van der Waals surface area (Å²) in [4.78, 5) is 23.1. The molecule has 2 aromatic rings. The Morgan fingerprint density at radius 3 is 1.69 bits per heavy atom. The number of ether oxygens (including phenoxy) is 1. The predicted octanol–water partition coefficient (Wildman–Crippen LogP) is 4.18. The fourth-order valence-electron chi connectivity index (χ4n) is 2.30. The van der Waals surface area contributed by atoms with E-state index in [1.54, 1.807) is 13.8 Å². The van der Waals surface area contributed by atoms with E-state index >= 15 is 0 Å². The van der Waals surface area contributed by atoms with Gasteiger partial charge in [-0.15, -0.1) is 0 Å². The first-order valence-corrected chi connectivity index (χ1v) is 7.17. The van der Waals surface area contributed by atoms with Crippen molar-refractivity contribution in [3.8, 4) is 5.75 Å². The second kappa shape index (κ2) is 7.11. The Hall–Kier alpha value is -2.97. The molecule has 0 aliphatic rings. The van der Waals surface area contributed by atoms with E-state index in [2.05, 4.69) is 5.32 Å². The topological polar surface area (TPSA) is 55.4 Å². The molecule has 0 spiro atoms. The lowest BCUT2D eigenvalue weighted by Crippen LogP contribution is -2.17. The van der Waals surface area contributed by atoms with Gasteiger partial charge in [0.15, 0.2) is 23.3 Å². The second-order valence-electron chi connectivity index (χ2n) is 5.45. The number of amides is 1. The molecule has 0 radical (unpaired) electrons. The highest BCUT2D eigenvalue weighted by Gasteiger charge is 2.31. The van der Waals surface area contributed by atoms with E-state index < -0.39 is 40.6 Å². The third-order valence-corrected chi connectivity index (χ3v) is 3.43. The van der Waals surface area contributed by atoms with E-state index in [-0.39, 0.29) is 11.7 Å². The highest BCUT2D eigenvalue weighted by atomic mass is 19.2. The minimum absolute atomic E-state index is 0.192. The molecule has 4 nitrogen and oxygen atoms in total. The zero-order valence-electron chi connectivity index (χ0n) is 13.8. The number of hydrogen-bond donors (Lipinski definition) is 1. The molecule has 0 aliphatic carbocycles. The fourth-order valence-corrected chi connectivity index (χ4v) is 2.30. The number of aryl methyl sites for hydroxylation is 2. The summed E-state index contributed by atoms with van der Waals surface area (Å²) in [6.07, 6.45) is 0. The summed E-state index contributed by atoms with van der Waals surface area (Å²) < 4.78 is 71.5. The summed E-state index contributed by atoms with van der Waals surface area (Å²) in [6.45, 7) is 4.41. The van der Waals surface area contributed by atoms with E-state index in [0.717, 1.165) is 0 Å². The van der Waals surface area contributed by atoms with Crippen LogP contribution in [0.3, 0.4) is 0 Å². The Bertz CT molecular complexity index is 875. The van der Waals surface area contributed by atoms with Crippen LogP contribution in [0.25, 0.3) is 0 Å². The number of carbonyl (C=O) groups is 2. The van der Waals surface area contributed by atoms with Crippen molar-refractivity contribution in [2.45, 2.75) is 20.8 Å². The molecule has 2 rings (SSSR count). The van der Waals surface area contributed by atoms with E-state index in [1.165, 1.54) is 19.1 Å². The number of carbonyl (C=O) groups excluding carboxylic acids is 2. The first-order valence-electron chi connectivity index (χ1n) is 7.17. The Morgan fingerprint density at radius 1 is 0.846 bits per heavy atom. The van der Waals surface area contributed by atoms with Crippen LogP contribution in [0, 0.1) is 42.9 Å². The molecule has 0 bridgehead atoms. The smallest absolute Gasteiger partial charge is 0.349 e. The number of rotatable bonds is 3. The van der Waals surface area contributed by atoms with E-state index in [9.17, 15) is 31.5 Å². The lowest BCUT2D eigenvalue weighted by atomic mass is 10.1. The van der Waals surface area contributed by atoms with Crippen LogP contribution in [0.2, 0.25) is 0 Å². The molecule has 0 aromatic heterocycles. The molecule has 0 saturated heterocycles. The molecule has 138 valence electrons. The molecular weight excluding hydrogens is 361 g/mol. The Labute approximate surface area is 144 Å². The first kappa shape index (κ1) is 19.4. The van der Waals surface area contributed by atoms with Crippen LogP contribution in [0.4, 0.5) is 27.6 Å². The van der Waals surface area contributed by atoms with Crippen LogP contribution in [0.5, 0.6) is 5.75 Å². The minimum Gasteiger partial charge on any atom is -0.423 e. The Balaban J connectivity index is 2.42. The van der Waals surface area contributed by atoms with Crippen molar-refractivity contribution in [3.05, 3.63) is 57.9 Å². The molecule has 1 amide bonds. The maximum Gasteiger partial charge on any atom is 0.349 e. The fraction of sp³-hybridized carbons (Fsp3) is 0.176. The van der Waals surface area contributed by atoms with Gasteiger partial charge in [-0.1, -0.05) is 0 Å². The summed E-state index contributed by atoms with van der Waals surface area (Å²) in [7, 11) is 0. The monoisotopic (exact) mass is 373 g/mol. The average molecular weight is 373 g/mol. The normalized spacial score (nSPS) is 10.6. The number of hydrogen-bond acceptors (Lipinski definition) is 3. The van der Waals surface area contributed by atoms with Gasteiger partial charge >= 0.3 is 5.97 Å². The second-order valence-corrected chi connectivity index (χ2v) is 5.45. The third-order valence-electron chi connectivity index (χ3n) is 3.43. The van der Waals surface area contributed by atoms with Gasteiger partial charge in [0.1, 0.15) is 11.3 Å². The molecule has 0 unspecified atom stereocenters. The Morgan fingerprint density at radius 2 is 1.27 bits per heavy atom. The zero-order chi connectivity index (χ0) is 19.8. The van der Waals surface area contributed by atoms with Gasteiger partial charge in [-0.25, -0.2) is 26.7 Å². The highest BCUT2D eigenvalue weighted by molar-refractivity contribution is 5.93. The first-order chi connectivity index (χ1) is 12.0. The van der Waals surface area contributed by atoms with Crippen molar-refractivity contribution in [2.75, 3.05) is 5.32 Å². The van der Waals surface area contributed by atoms with Gasteiger partial charge in [0, 0.05) is 12.6 Å². The minimum atomic E-state index is -2.37. The van der Waals surface area contributed by atoms with Crippen molar-refractivity contribution in [1.29, 1.82) is 0 Å². The van der Waals surface area contributed by atoms with Gasteiger partial charge in [-0.3, -0.25) is 4.79 Å². The standard InChI is InChI=1S/C17H12F5NO3/c1-6-4-9(5-7(2)16(6)23-8(3)24)26-17(25)10-11(18)13(20)15(22)14(21)12(10)19/h4-5H,1-3H3,(H,23,24). The summed E-state index contributed by atoms with van der Waals surface area (Å²) in [5.74, 6) is -13.7. The Kier molecular flexibility index (Phi) is 5.29. The largest absolute Gasteiger partial charge is 0.423 e. The molecule has 0 saturated carbocycles. The van der Waals surface area contributed by atoms with Gasteiger partial charge in [-0.05, 0) is 37.1 Å². The maximum absolute atomic E-state index is 13.7. The number of nitrogens with one attached hydrogen (secondary N) is 1. The van der Waals surface area contributed by atoms with Crippen LogP contribution >= 0.6 is 0 Å². The van der Waals surface area contributed by atoms with Gasteiger partial charge in [-0.2, -0.15) is 0 Å². The molecular formula is C17H12F5NO3. The molecule has 0 heterocycles. The van der Waals surface area contributed by atoms with Crippen LogP contribution in [0.15, 0.2) is 12.1 Å². The zero-order valence-corrected chi connectivity index (χ0v) is 13.8. The van der Waals surface area contributed by atoms with Gasteiger partial charge < -0.3 is 10.1 Å². The molecule has 0 atom stereocenters. The van der Waals surface area contributed by atoms with Crippen molar-refractivity contribution >= 4 is 17.6 Å². The van der Waals surface area contributed by atoms with Gasteiger partial charge in [0.05, 0.1) is 0 Å². The van der Waals surface area contributed by atoms with E-state index in [1.807, 2.05) is 0 Å². The van der Waals surface area contributed by atoms with Crippen molar-refractivity contribution in [1.82, 2.24) is 0 Å². The summed E-state index contributed by atoms with van der Waals surface area (Å²) in [5, 5.41) is 2.55. The summed E-state index contributed by atoms with van der Waals surface area (Å²) >= 11 is 0. The van der Waals surface area contributed by atoms with Gasteiger partial charge in [0.25, 0.3) is 0 Å². The molecule has 9 heteroatoms. The van der Waals surface area contributed by atoms with Crippen molar-refractivity contribution in [2.24, 2.45) is 0 Å². The van der Waals surface area contributed by atoms with E-state index in [0.29, 0.717) is 16.8 Å². The van der Waals surface area contributed by atoms with Crippen LogP contribution in [-0.2, 0) is 4.79 Å². The summed E-state index contributed by atoms with van der Waals surface area (Å²) in [6, 6.07) is 2.53. The molecule has 26 heavy (non-hydrogen) atoms. The van der Waals surface area contributed by atoms with Crippen molar-refractivity contribution in [3.63, 3.8) is 0 Å². The lowest BCUT2D eigenvalue weighted by Gasteiger charge is -2.13. The molecule has 0 fully saturated rings. The number of esters is 1. The predicted molar refractivity (Wildman–Crippen MR) is 81.4 cm³/mol. The van der Waals surface area contributed by atoms with Crippen molar-refractivity contribution < 1.29 is 36.3 Å². The van der Waals surface area contributed by atoms with Crippen LogP contribution < -0.4 is 10.1 Å². The maximum atomic E-state index is 13.7. The van der Waals surface area contributed by atoms with Crippen LogP contribution in [0.1, 0.15) is 28.4 Å². The summed E-state index contributed by atoms with van der Waals surface area (Å²) in [5.41, 5.74) is -0.336. The highest BCUT2D eigenvalue weighted by Crippen LogP contribution is 2.28. The van der Waals surface area contributed by atoms with Crippen LogP contribution in [-0.4, -0.2) is 11.9 Å². The molecule has 1 N–H and O–H groups in total. The number of benzene rings is 2.